The second-order valence-corrected chi connectivity index (χ2v) is 5.34. The average molecular weight is 310 g/mol. The number of ether oxygens (including phenoxy) is 1. The second kappa shape index (κ2) is 5.16. The number of nitrogens with one attached hydrogen (secondary N) is 2. The van der Waals surface area contributed by atoms with Crippen LogP contribution < -0.4 is 10.2 Å². The van der Waals surface area contributed by atoms with Gasteiger partial charge in [-0.15, -0.1) is 12.4 Å². The monoisotopic (exact) mass is 309 g/mol. The molecule has 21 heavy (non-hydrogen) atoms. The van der Waals surface area contributed by atoms with Crippen LogP contribution in [0.2, 0.25) is 0 Å². The van der Waals surface area contributed by atoms with Crippen molar-refractivity contribution in [3.8, 4) is 0 Å². The molecule has 0 saturated carbocycles. The lowest BCUT2D eigenvalue weighted by atomic mass is 10.2. The fourth-order valence-corrected chi connectivity index (χ4v) is 3.03. The van der Waals surface area contributed by atoms with Crippen LogP contribution in [0.3, 0.4) is 0 Å². The molecule has 2 aromatic heterocycles. The number of fused-ring (bicyclic) bond motifs is 3. The maximum absolute atomic E-state index is 11.1. The lowest BCUT2D eigenvalue weighted by Crippen LogP contribution is -2.37. The molecular weight excluding hydrogens is 294 g/mol. The van der Waals surface area contributed by atoms with Crippen molar-refractivity contribution < 1.29 is 9.53 Å². The van der Waals surface area contributed by atoms with Gasteiger partial charge >= 0.3 is 0 Å². The van der Waals surface area contributed by atoms with Crippen molar-refractivity contribution in [2.45, 2.75) is 25.5 Å². The van der Waals surface area contributed by atoms with Crippen LogP contribution in [0, 0.1) is 0 Å². The van der Waals surface area contributed by atoms with Crippen LogP contribution in [0.5, 0.6) is 0 Å². The van der Waals surface area contributed by atoms with E-state index in [9.17, 15) is 4.79 Å². The molecule has 2 aromatic rings. The maximum atomic E-state index is 11.1. The van der Waals surface area contributed by atoms with Gasteiger partial charge in [0.15, 0.2) is 5.82 Å². The lowest BCUT2D eigenvalue weighted by molar-refractivity contribution is -0.114. The van der Waals surface area contributed by atoms with E-state index in [4.69, 9.17) is 4.74 Å². The number of aromatic amines is 1. The number of amides is 1. The summed E-state index contributed by atoms with van der Waals surface area (Å²) in [6.07, 6.45) is 3.16. The standard InChI is InChI=1S/C13H15N5O2.ClH/c1-7(19)15-12-3-11-10(4-14-12)13(17-16-11)18-5-9-2-8(18)6-20-9;/h3-4,8-9H,2,5-6H2,1H3,(H,16,17)(H,14,15,19);1H. The van der Waals surface area contributed by atoms with E-state index >= 15 is 0 Å². The number of H-pyrrole nitrogens is 1. The Labute approximate surface area is 127 Å². The third-order valence-corrected chi connectivity index (χ3v) is 3.90. The largest absolute Gasteiger partial charge is 0.374 e. The predicted molar refractivity (Wildman–Crippen MR) is 80.9 cm³/mol. The first kappa shape index (κ1) is 14.1. The number of aromatic nitrogens is 3. The van der Waals surface area contributed by atoms with Crippen molar-refractivity contribution in [2.24, 2.45) is 0 Å². The highest BCUT2D eigenvalue weighted by Crippen LogP contribution is 2.35. The average Bonchev–Trinajstić information content (AvgIpc) is 3.11. The Hall–Kier alpha value is -1.86. The van der Waals surface area contributed by atoms with Crippen LogP contribution in [0.1, 0.15) is 13.3 Å². The number of morpholine rings is 1. The zero-order valence-electron chi connectivity index (χ0n) is 11.5. The van der Waals surface area contributed by atoms with Crippen molar-refractivity contribution in [2.75, 3.05) is 23.4 Å². The summed E-state index contributed by atoms with van der Waals surface area (Å²) in [4.78, 5) is 17.6. The summed E-state index contributed by atoms with van der Waals surface area (Å²) < 4.78 is 5.61. The van der Waals surface area contributed by atoms with Crippen LogP contribution >= 0.6 is 12.4 Å². The Morgan fingerprint density at radius 3 is 3.10 bits per heavy atom. The normalized spacial score (nSPS) is 23.4. The molecule has 0 radical (unpaired) electrons. The molecule has 2 unspecified atom stereocenters. The Balaban J connectivity index is 0.00000132. The van der Waals surface area contributed by atoms with Crippen LogP contribution in [-0.2, 0) is 9.53 Å². The molecular formula is C13H16ClN5O2. The zero-order valence-corrected chi connectivity index (χ0v) is 12.3. The molecule has 112 valence electrons. The minimum absolute atomic E-state index is 0. The highest BCUT2D eigenvalue weighted by molar-refractivity contribution is 5.94. The SMILES string of the molecule is CC(=O)Nc1cc2[nH]nc(N3CC4CC3CO4)c2cn1.Cl. The van der Waals surface area contributed by atoms with E-state index in [1.807, 2.05) is 0 Å². The van der Waals surface area contributed by atoms with E-state index in [0.717, 1.165) is 36.3 Å². The maximum Gasteiger partial charge on any atom is 0.222 e. The third kappa shape index (κ3) is 2.32. The molecule has 2 fully saturated rings. The van der Waals surface area contributed by atoms with Crippen LogP contribution in [0.15, 0.2) is 12.3 Å². The molecule has 2 saturated heterocycles. The molecule has 2 aliphatic rings. The summed E-state index contributed by atoms with van der Waals surface area (Å²) in [5.41, 5.74) is 0.877. The van der Waals surface area contributed by atoms with Crippen molar-refractivity contribution in [1.82, 2.24) is 15.2 Å². The molecule has 1 amide bonds. The van der Waals surface area contributed by atoms with Crippen molar-refractivity contribution in [3.63, 3.8) is 0 Å². The van der Waals surface area contributed by atoms with Crippen molar-refractivity contribution >= 4 is 40.9 Å². The minimum Gasteiger partial charge on any atom is -0.374 e. The summed E-state index contributed by atoms with van der Waals surface area (Å²) in [5, 5.41) is 11.1. The number of anilines is 2. The number of pyridine rings is 1. The number of hydrogen-bond donors (Lipinski definition) is 2. The first-order valence-corrected chi connectivity index (χ1v) is 6.70. The first-order valence-electron chi connectivity index (χ1n) is 6.70. The topological polar surface area (TPSA) is 83.1 Å². The Morgan fingerprint density at radius 1 is 1.57 bits per heavy atom. The predicted octanol–water partition coefficient (Wildman–Crippen LogP) is 1.32. The van der Waals surface area contributed by atoms with Crippen LogP contribution in [-0.4, -0.2) is 46.4 Å². The second-order valence-electron chi connectivity index (χ2n) is 5.34. The number of carbonyl (C=O) groups is 1. The molecule has 2 N–H and O–H groups in total. The Bertz CT molecular complexity index is 688. The molecule has 2 atom stereocenters. The van der Waals surface area contributed by atoms with E-state index in [1.54, 1.807) is 12.3 Å². The summed E-state index contributed by atoms with van der Waals surface area (Å²) in [7, 11) is 0. The molecule has 0 aliphatic carbocycles. The van der Waals surface area contributed by atoms with Crippen molar-refractivity contribution in [3.05, 3.63) is 12.3 Å². The van der Waals surface area contributed by atoms with E-state index in [-0.39, 0.29) is 18.3 Å². The van der Waals surface area contributed by atoms with Gasteiger partial charge in [-0.1, -0.05) is 0 Å². The first-order chi connectivity index (χ1) is 9.70. The van der Waals surface area contributed by atoms with Crippen molar-refractivity contribution in [1.29, 1.82) is 0 Å². The van der Waals surface area contributed by atoms with E-state index in [1.165, 1.54) is 6.92 Å². The Kier molecular flexibility index (Phi) is 3.46. The molecule has 0 spiro atoms. The zero-order chi connectivity index (χ0) is 13.7. The molecule has 0 aromatic carbocycles. The van der Waals surface area contributed by atoms with Gasteiger partial charge in [-0.25, -0.2) is 4.98 Å². The Morgan fingerprint density at radius 2 is 2.43 bits per heavy atom. The van der Waals surface area contributed by atoms with Gasteiger partial charge < -0.3 is 15.0 Å². The summed E-state index contributed by atoms with van der Waals surface area (Å²) in [6.45, 7) is 3.12. The number of nitrogens with zero attached hydrogens (tertiary/aromatic N) is 3. The van der Waals surface area contributed by atoms with Gasteiger partial charge in [0, 0.05) is 25.7 Å². The number of halogens is 1. The third-order valence-electron chi connectivity index (χ3n) is 3.90. The summed E-state index contributed by atoms with van der Waals surface area (Å²) in [5.74, 6) is 1.33. The number of hydrogen-bond acceptors (Lipinski definition) is 5. The molecule has 2 bridgehead atoms. The minimum atomic E-state index is -0.134. The summed E-state index contributed by atoms with van der Waals surface area (Å²) >= 11 is 0. The number of rotatable bonds is 2. The van der Waals surface area contributed by atoms with Gasteiger partial charge in [-0.3, -0.25) is 9.89 Å². The molecule has 4 heterocycles. The quantitative estimate of drug-likeness (QED) is 0.874. The highest BCUT2D eigenvalue weighted by Gasteiger charge is 2.40. The molecule has 2 aliphatic heterocycles. The fraction of sp³-hybridized carbons (Fsp3) is 0.462. The van der Waals surface area contributed by atoms with Gasteiger partial charge in [0.05, 0.1) is 29.7 Å². The van der Waals surface area contributed by atoms with E-state index in [2.05, 4.69) is 25.4 Å². The molecule has 8 heteroatoms. The van der Waals surface area contributed by atoms with Gasteiger partial charge in [-0.2, -0.15) is 5.10 Å². The highest BCUT2D eigenvalue weighted by atomic mass is 35.5. The van der Waals surface area contributed by atoms with Crippen LogP contribution in [0.4, 0.5) is 11.6 Å². The molecule has 4 rings (SSSR count). The molecule has 7 nitrogen and oxygen atoms in total. The van der Waals surface area contributed by atoms with Crippen LogP contribution in [0.25, 0.3) is 10.9 Å². The van der Waals surface area contributed by atoms with Gasteiger partial charge in [-0.05, 0) is 6.42 Å². The fourth-order valence-electron chi connectivity index (χ4n) is 3.03. The van der Waals surface area contributed by atoms with E-state index in [0.29, 0.717) is 18.0 Å². The van der Waals surface area contributed by atoms with Gasteiger partial charge in [0.25, 0.3) is 0 Å². The van der Waals surface area contributed by atoms with Gasteiger partial charge in [0.1, 0.15) is 5.82 Å². The van der Waals surface area contributed by atoms with Gasteiger partial charge in [0.2, 0.25) is 5.91 Å². The summed E-state index contributed by atoms with van der Waals surface area (Å²) in [6, 6.07) is 2.22. The van der Waals surface area contributed by atoms with E-state index < -0.39 is 0 Å². The smallest absolute Gasteiger partial charge is 0.222 e. The lowest BCUT2D eigenvalue weighted by Gasteiger charge is -2.26. The number of carbonyl (C=O) groups excluding carboxylic acids is 1.